The van der Waals surface area contributed by atoms with E-state index < -0.39 is 16.1 Å². The number of urea groups is 1. The predicted molar refractivity (Wildman–Crippen MR) is 134 cm³/mol. The first-order valence-corrected chi connectivity index (χ1v) is 14.5. The molecule has 4 fully saturated rings. The minimum absolute atomic E-state index is 0.210. The highest BCUT2D eigenvalue weighted by Gasteiger charge is 2.56. The molecule has 194 valence electrons. The number of anilines is 1. The van der Waals surface area contributed by atoms with Gasteiger partial charge in [0.05, 0.1) is 23.7 Å². The minimum atomic E-state index is -3.06. The molecule has 1 atom stereocenters. The van der Waals surface area contributed by atoms with Crippen molar-refractivity contribution in [3.05, 3.63) is 30.1 Å². The van der Waals surface area contributed by atoms with Crippen molar-refractivity contribution >= 4 is 33.2 Å². The predicted octanol–water partition coefficient (Wildman–Crippen LogP) is 0.711. The summed E-state index contributed by atoms with van der Waals surface area (Å²) in [6, 6.07) is 4.75. The van der Waals surface area contributed by atoms with Crippen molar-refractivity contribution in [3.63, 3.8) is 0 Å². The normalized spacial score (nSPS) is 26.3. The molecule has 12 heteroatoms. The summed E-state index contributed by atoms with van der Waals surface area (Å²) in [4.78, 5) is 30.5. The highest BCUT2D eigenvalue weighted by atomic mass is 32.2. The molecule has 0 aromatic carbocycles. The number of hydrogen-bond donors (Lipinski definition) is 1. The van der Waals surface area contributed by atoms with Crippen LogP contribution in [0.4, 0.5) is 10.5 Å². The first-order chi connectivity index (χ1) is 17.1. The van der Waals surface area contributed by atoms with Crippen molar-refractivity contribution in [3.8, 4) is 0 Å². The molecule has 1 aliphatic carbocycles. The van der Waals surface area contributed by atoms with Gasteiger partial charge in [-0.15, -0.1) is 0 Å². The van der Waals surface area contributed by atoms with E-state index in [1.807, 2.05) is 6.20 Å². The lowest BCUT2D eigenvalue weighted by Crippen LogP contribution is -2.69. The summed E-state index contributed by atoms with van der Waals surface area (Å²) < 4.78 is 26.8. The summed E-state index contributed by atoms with van der Waals surface area (Å²) in [5, 5.41) is 6.77. The van der Waals surface area contributed by atoms with Crippen molar-refractivity contribution in [2.75, 3.05) is 50.4 Å². The van der Waals surface area contributed by atoms with Crippen LogP contribution in [0.15, 0.2) is 24.5 Å². The molecule has 5 heterocycles. The fourth-order valence-corrected chi connectivity index (χ4v) is 7.49. The zero-order valence-electron chi connectivity index (χ0n) is 20.8. The zero-order valence-corrected chi connectivity index (χ0v) is 21.6. The molecule has 2 aromatic heterocycles. The van der Waals surface area contributed by atoms with E-state index in [0.717, 1.165) is 50.1 Å². The van der Waals surface area contributed by atoms with E-state index in [4.69, 9.17) is 0 Å². The van der Waals surface area contributed by atoms with E-state index in [1.54, 1.807) is 19.9 Å². The number of pyridine rings is 1. The van der Waals surface area contributed by atoms with Gasteiger partial charge in [0.1, 0.15) is 0 Å². The Balaban J connectivity index is 1.07. The molecule has 4 aliphatic rings. The van der Waals surface area contributed by atoms with Crippen LogP contribution in [-0.4, -0.2) is 102 Å². The maximum Gasteiger partial charge on any atom is 0.328 e. The molecule has 0 unspecified atom stereocenters. The number of sulfonamides is 1. The van der Waals surface area contributed by atoms with Crippen LogP contribution in [0.3, 0.4) is 0 Å². The molecular formula is C24H33N7O4S. The number of hydrogen-bond acceptors (Lipinski definition) is 7. The first-order valence-electron chi connectivity index (χ1n) is 12.6. The van der Waals surface area contributed by atoms with Crippen LogP contribution >= 0.6 is 0 Å². The molecule has 3 amide bonds. The molecule has 0 radical (unpaired) electrons. The van der Waals surface area contributed by atoms with Crippen molar-refractivity contribution < 1.29 is 18.0 Å². The number of amides is 3. The highest BCUT2D eigenvalue weighted by molar-refractivity contribution is 7.88. The van der Waals surface area contributed by atoms with Crippen molar-refractivity contribution in [2.24, 2.45) is 5.41 Å². The fourth-order valence-electron chi connectivity index (χ4n) is 6.47. The van der Waals surface area contributed by atoms with Gasteiger partial charge in [0.15, 0.2) is 0 Å². The van der Waals surface area contributed by atoms with E-state index in [0.29, 0.717) is 37.4 Å². The summed E-state index contributed by atoms with van der Waals surface area (Å²) in [6.07, 6.45) is 7.38. The Morgan fingerprint density at radius 2 is 1.94 bits per heavy atom. The number of piperazine rings is 1. The Labute approximate surface area is 211 Å². The van der Waals surface area contributed by atoms with Gasteiger partial charge in [-0.05, 0) is 37.5 Å². The monoisotopic (exact) mass is 515 g/mol. The summed E-state index contributed by atoms with van der Waals surface area (Å²) in [7, 11) is -3.06. The average molecular weight is 516 g/mol. The zero-order chi connectivity index (χ0) is 25.2. The third-order valence-electron chi connectivity index (χ3n) is 8.38. The van der Waals surface area contributed by atoms with Gasteiger partial charge in [0, 0.05) is 75.9 Å². The molecule has 1 N–H and O–H groups in total. The van der Waals surface area contributed by atoms with Crippen LogP contribution in [0.5, 0.6) is 0 Å². The van der Waals surface area contributed by atoms with Gasteiger partial charge in [0.25, 0.3) is 0 Å². The second-order valence-electron chi connectivity index (χ2n) is 11.1. The van der Waals surface area contributed by atoms with Gasteiger partial charge < -0.3 is 0 Å². The lowest BCUT2D eigenvalue weighted by Gasteiger charge is -2.61. The molecule has 2 aromatic rings. The Morgan fingerprint density at radius 3 is 2.64 bits per heavy atom. The molecule has 11 nitrogen and oxygen atoms in total. The molecule has 36 heavy (non-hydrogen) atoms. The van der Waals surface area contributed by atoms with E-state index in [2.05, 4.69) is 39.3 Å². The maximum atomic E-state index is 12.3. The molecule has 1 saturated carbocycles. The Bertz CT molecular complexity index is 1310. The van der Waals surface area contributed by atoms with E-state index in [9.17, 15) is 18.0 Å². The van der Waals surface area contributed by atoms with E-state index >= 15 is 0 Å². The second kappa shape index (κ2) is 8.51. The summed E-state index contributed by atoms with van der Waals surface area (Å²) >= 11 is 0. The lowest BCUT2D eigenvalue weighted by molar-refractivity contribution is -0.120. The Morgan fingerprint density at radius 1 is 1.17 bits per heavy atom. The molecule has 6 rings (SSSR count). The quantitative estimate of drug-likeness (QED) is 0.625. The van der Waals surface area contributed by atoms with E-state index in [-0.39, 0.29) is 17.7 Å². The average Bonchev–Trinajstić information content (AvgIpc) is 3.15. The van der Waals surface area contributed by atoms with Gasteiger partial charge in [-0.2, -0.15) is 5.10 Å². The first kappa shape index (κ1) is 23.8. The summed E-state index contributed by atoms with van der Waals surface area (Å²) in [5.74, 6) is -0.248. The Kier molecular flexibility index (Phi) is 5.63. The maximum absolute atomic E-state index is 12.3. The third-order valence-corrected chi connectivity index (χ3v) is 9.57. The minimum Gasteiger partial charge on any atom is -0.296 e. The molecule has 1 spiro atoms. The van der Waals surface area contributed by atoms with Crippen LogP contribution < -0.4 is 10.2 Å². The number of carbonyl (C=O) groups excluding carboxylic acids is 2. The van der Waals surface area contributed by atoms with Crippen molar-refractivity contribution in [2.45, 2.75) is 44.8 Å². The van der Waals surface area contributed by atoms with Crippen LogP contribution in [0.25, 0.3) is 5.52 Å². The molecular weight excluding hydrogens is 482 g/mol. The highest BCUT2D eigenvalue weighted by Crippen LogP contribution is 2.51. The molecule has 3 aliphatic heterocycles. The van der Waals surface area contributed by atoms with Crippen LogP contribution in [0, 0.1) is 5.41 Å². The topological polar surface area (TPSA) is 111 Å². The number of carbonyl (C=O) groups is 2. The fraction of sp³-hybridized carbons (Fsp3) is 0.625. The largest absolute Gasteiger partial charge is 0.328 e. The van der Waals surface area contributed by atoms with Crippen LogP contribution in [-0.2, 0) is 21.4 Å². The van der Waals surface area contributed by atoms with Gasteiger partial charge in [-0.3, -0.25) is 24.8 Å². The van der Waals surface area contributed by atoms with Gasteiger partial charge >= 0.3 is 6.03 Å². The van der Waals surface area contributed by atoms with Crippen LogP contribution in [0.1, 0.15) is 31.7 Å². The summed E-state index contributed by atoms with van der Waals surface area (Å²) in [6.45, 7) is 7.81. The molecule has 0 bridgehead atoms. The second-order valence-corrected chi connectivity index (χ2v) is 13.0. The van der Waals surface area contributed by atoms with Crippen molar-refractivity contribution in [1.82, 2.24) is 29.0 Å². The Hall–Kier alpha value is -2.54. The van der Waals surface area contributed by atoms with Gasteiger partial charge in [-0.25, -0.2) is 22.0 Å². The number of fused-ring (bicyclic) bond motifs is 1. The van der Waals surface area contributed by atoms with Gasteiger partial charge in [0.2, 0.25) is 15.9 Å². The standard InChI is InChI=1S/C24H33N7O4S/c1-17-13-27(7-8-29(17)19-10-24(11-19)15-28(16-24)36(2,34)35)14-18-3-6-31-20(9-18)21(12-25-31)30-5-4-22(32)26-23(30)33/h3,6,9,12,17,19H,4-5,7-8,10-11,13-16H2,1-2H3,(H,26,32,33)/t17-/m0/s1. The van der Waals surface area contributed by atoms with Crippen molar-refractivity contribution in [1.29, 1.82) is 0 Å². The smallest absolute Gasteiger partial charge is 0.296 e. The number of imide groups is 1. The third kappa shape index (κ3) is 4.19. The summed E-state index contributed by atoms with van der Waals surface area (Å²) in [5.41, 5.74) is 2.94. The van der Waals surface area contributed by atoms with E-state index in [1.165, 1.54) is 6.26 Å². The number of nitrogens with zero attached hydrogens (tertiary/aromatic N) is 6. The molecule has 3 saturated heterocycles. The number of aromatic nitrogens is 2. The number of nitrogens with one attached hydrogen (secondary N) is 1. The number of rotatable bonds is 5. The SMILES string of the molecule is C[C@H]1CN(Cc2ccn3ncc(N4CCC(=O)NC4=O)c3c2)CCN1C1CC2(C1)CN(S(C)(=O)=O)C2. The van der Waals surface area contributed by atoms with Crippen LogP contribution in [0.2, 0.25) is 0 Å². The van der Waals surface area contributed by atoms with Gasteiger partial charge in [-0.1, -0.05) is 0 Å². The lowest BCUT2D eigenvalue weighted by atomic mass is 9.61.